The Balaban J connectivity index is 1.84. The van der Waals surface area contributed by atoms with Crippen LogP contribution in [0.5, 0.6) is 0 Å². The molecule has 4 nitrogen and oxygen atoms in total. The van der Waals surface area contributed by atoms with Gasteiger partial charge in [-0.25, -0.2) is 0 Å². The third kappa shape index (κ3) is 4.18. The number of carbonyl (C=O) groups is 1. The SMILES string of the molecule is Cc1ccc(C(=O)N(Cc2ccccn2)[C@H]2CCCNCC2)s1. The number of nitrogens with one attached hydrogen (secondary N) is 1. The van der Waals surface area contributed by atoms with Crippen LogP contribution in [-0.2, 0) is 6.54 Å². The summed E-state index contributed by atoms with van der Waals surface area (Å²) < 4.78 is 0. The van der Waals surface area contributed by atoms with Gasteiger partial charge < -0.3 is 10.2 Å². The normalized spacial score (nSPS) is 18.4. The summed E-state index contributed by atoms with van der Waals surface area (Å²) >= 11 is 1.58. The quantitative estimate of drug-likeness (QED) is 0.936. The Hall–Kier alpha value is -1.72. The van der Waals surface area contributed by atoms with Gasteiger partial charge in [0.25, 0.3) is 5.91 Å². The molecule has 0 spiro atoms. The minimum Gasteiger partial charge on any atom is -0.329 e. The zero-order valence-electron chi connectivity index (χ0n) is 13.5. The molecule has 122 valence electrons. The van der Waals surface area contributed by atoms with Crippen molar-refractivity contribution in [3.8, 4) is 0 Å². The predicted octanol–water partition coefficient (Wildman–Crippen LogP) is 3.24. The number of carbonyl (C=O) groups excluding carboxylic acids is 1. The second-order valence-corrected chi connectivity index (χ2v) is 7.29. The van der Waals surface area contributed by atoms with Crippen molar-refractivity contribution < 1.29 is 4.79 Å². The molecule has 0 aromatic carbocycles. The minimum atomic E-state index is 0.139. The second-order valence-electron chi connectivity index (χ2n) is 6.00. The molecular formula is C18H23N3OS. The molecule has 1 saturated heterocycles. The van der Waals surface area contributed by atoms with Crippen molar-refractivity contribution in [1.82, 2.24) is 15.2 Å². The van der Waals surface area contributed by atoms with E-state index in [1.807, 2.05) is 42.2 Å². The first-order valence-electron chi connectivity index (χ1n) is 8.22. The van der Waals surface area contributed by atoms with Gasteiger partial charge in [-0.3, -0.25) is 9.78 Å². The highest BCUT2D eigenvalue weighted by molar-refractivity contribution is 7.13. The lowest BCUT2D eigenvalue weighted by molar-refractivity contribution is 0.0647. The molecule has 1 aliphatic rings. The smallest absolute Gasteiger partial charge is 0.264 e. The number of aryl methyl sites for hydroxylation is 1. The van der Waals surface area contributed by atoms with Gasteiger partial charge in [0.05, 0.1) is 17.1 Å². The van der Waals surface area contributed by atoms with Crippen LogP contribution in [0, 0.1) is 6.92 Å². The highest BCUT2D eigenvalue weighted by Gasteiger charge is 2.26. The maximum absolute atomic E-state index is 13.1. The molecule has 1 amide bonds. The zero-order chi connectivity index (χ0) is 16.1. The third-order valence-electron chi connectivity index (χ3n) is 4.26. The van der Waals surface area contributed by atoms with Crippen LogP contribution in [0.25, 0.3) is 0 Å². The Labute approximate surface area is 141 Å². The summed E-state index contributed by atoms with van der Waals surface area (Å²) in [4.78, 5) is 21.5. The van der Waals surface area contributed by atoms with Crippen LogP contribution >= 0.6 is 11.3 Å². The van der Waals surface area contributed by atoms with Crippen molar-refractivity contribution in [1.29, 1.82) is 0 Å². The van der Waals surface area contributed by atoms with Crippen LogP contribution in [0.15, 0.2) is 36.5 Å². The van der Waals surface area contributed by atoms with Crippen molar-refractivity contribution in [3.63, 3.8) is 0 Å². The Morgan fingerprint density at radius 2 is 2.22 bits per heavy atom. The van der Waals surface area contributed by atoms with Crippen LogP contribution in [-0.4, -0.2) is 34.9 Å². The summed E-state index contributed by atoms with van der Waals surface area (Å²) in [6.07, 6.45) is 4.96. The van der Waals surface area contributed by atoms with Crippen LogP contribution in [0.4, 0.5) is 0 Å². The van der Waals surface area contributed by atoms with E-state index in [0.29, 0.717) is 6.54 Å². The lowest BCUT2D eigenvalue weighted by Gasteiger charge is -2.30. The van der Waals surface area contributed by atoms with Crippen LogP contribution < -0.4 is 5.32 Å². The molecule has 0 bridgehead atoms. The number of hydrogen-bond donors (Lipinski definition) is 1. The van der Waals surface area contributed by atoms with Crippen molar-refractivity contribution in [2.75, 3.05) is 13.1 Å². The molecule has 1 atom stereocenters. The summed E-state index contributed by atoms with van der Waals surface area (Å²) in [6, 6.07) is 10.1. The molecule has 3 rings (SSSR count). The fourth-order valence-electron chi connectivity index (χ4n) is 3.04. The molecular weight excluding hydrogens is 306 g/mol. The first-order chi connectivity index (χ1) is 11.2. The molecule has 1 fully saturated rings. The average Bonchev–Trinajstić information content (AvgIpc) is 2.84. The summed E-state index contributed by atoms with van der Waals surface area (Å²) in [5.74, 6) is 0.139. The van der Waals surface area contributed by atoms with E-state index in [2.05, 4.69) is 10.3 Å². The van der Waals surface area contributed by atoms with Gasteiger partial charge >= 0.3 is 0 Å². The van der Waals surface area contributed by atoms with Crippen molar-refractivity contribution in [2.24, 2.45) is 0 Å². The molecule has 0 unspecified atom stereocenters. The Kier molecular flexibility index (Phi) is 5.41. The summed E-state index contributed by atoms with van der Waals surface area (Å²) in [6.45, 7) is 4.64. The zero-order valence-corrected chi connectivity index (χ0v) is 14.3. The summed E-state index contributed by atoms with van der Waals surface area (Å²) in [5, 5.41) is 3.43. The number of pyridine rings is 1. The number of hydrogen-bond acceptors (Lipinski definition) is 4. The van der Waals surface area contributed by atoms with E-state index in [-0.39, 0.29) is 11.9 Å². The average molecular weight is 329 g/mol. The molecule has 2 aromatic rings. The van der Waals surface area contributed by atoms with Crippen molar-refractivity contribution in [2.45, 2.75) is 38.8 Å². The topological polar surface area (TPSA) is 45.2 Å². The minimum absolute atomic E-state index is 0.139. The van der Waals surface area contributed by atoms with Gasteiger partial charge in [0.15, 0.2) is 0 Å². The Morgan fingerprint density at radius 1 is 1.30 bits per heavy atom. The summed E-state index contributed by atoms with van der Waals surface area (Å²) in [7, 11) is 0. The van der Waals surface area contributed by atoms with Gasteiger partial charge in [-0.15, -0.1) is 11.3 Å². The maximum atomic E-state index is 13.1. The van der Waals surface area contributed by atoms with E-state index in [4.69, 9.17) is 0 Å². The number of aromatic nitrogens is 1. The molecule has 0 saturated carbocycles. The van der Waals surface area contributed by atoms with Gasteiger partial charge in [0.1, 0.15) is 0 Å². The van der Waals surface area contributed by atoms with Crippen LogP contribution in [0.1, 0.15) is 39.5 Å². The number of thiophene rings is 1. The van der Waals surface area contributed by atoms with Gasteiger partial charge in [-0.1, -0.05) is 6.07 Å². The fraction of sp³-hybridized carbons (Fsp3) is 0.444. The Morgan fingerprint density at radius 3 is 2.96 bits per heavy atom. The largest absolute Gasteiger partial charge is 0.329 e. The van der Waals surface area contributed by atoms with E-state index in [9.17, 15) is 4.79 Å². The molecule has 2 aromatic heterocycles. The standard InChI is InChI=1S/C18H23N3OS/c1-14-7-8-17(23-14)18(22)21(13-15-5-2-3-11-20-15)16-6-4-10-19-12-9-16/h2-3,5,7-8,11,16,19H,4,6,9-10,12-13H2,1H3/t16-/m0/s1. The molecule has 0 radical (unpaired) electrons. The van der Waals surface area contributed by atoms with Crippen molar-refractivity contribution in [3.05, 3.63) is 52.0 Å². The van der Waals surface area contributed by atoms with E-state index in [1.165, 1.54) is 4.88 Å². The fourth-order valence-corrected chi connectivity index (χ4v) is 3.86. The van der Waals surface area contributed by atoms with Crippen LogP contribution in [0.2, 0.25) is 0 Å². The molecule has 1 N–H and O–H groups in total. The monoisotopic (exact) mass is 329 g/mol. The van der Waals surface area contributed by atoms with E-state index in [1.54, 1.807) is 17.5 Å². The van der Waals surface area contributed by atoms with Gasteiger partial charge in [-0.05, 0) is 63.5 Å². The van der Waals surface area contributed by atoms with E-state index < -0.39 is 0 Å². The van der Waals surface area contributed by atoms with Gasteiger partial charge in [0, 0.05) is 17.1 Å². The third-order valence-corrected chi connectivity index (χ3v) is 5.25. The summed E-state index contributed by atoms with van der Waals surface area (Å²) in [5.41, 5.74) is 0.950. The first-order valence-corrected chi connectivity index (χ1v) is 9.04. The second kappa shape index (κ2) is 7.70. The lowest BCUT2D eigenvalue weighted by atomic mass is 10.1. The molecule has 3 heterocycles. The lowest BCUT2D eigenvalue weighted by Crippen LogP contribution is -2.40. The maximum Gasteiger partial charge on any atom is 0.264 e. The van der Waals surface area contributed by atoms with E-state index >= 15 is 0 Å². The molecule has 0 aliphatic carbocycles. The number of amides is 1. The number of nitrogens with zero attached hydrogens (tertiary/aromatic N) is 2. The molecule has 23 heavy (non-hydrogen) atoms. The van der Waals surface area contributed by atoms with Gasteiger partial charge in [-0.2, -0.15) is 0 Å². The van der Waals surface area contributed by atoms with E-state index in [0.717, 1.165) is 42.9 Å². The predicted molar refractivity (Wildman–Crippen MR) is 93.7 cm³/mol. The molecule has 1 aliphatic heterocycles. The van der Waals surface area contributed by atoms with Crippen LogP contribution in [0.3, 0.4) is 0 Å². The highest BCUT2D eigenvalue weighted by Crippen LogP contribution is 2.23. The molecule has 5 heteroatoms. The van der Waals surface area contributed by atoms with Gasteiger partial charge in [0.2, 0.25) is 0 Å². The van der Waals surface area contributed by atoms with Crippen molar-refractivity contribution >= 4 is 17.2 Å². The first kappa shape index (κ1) is 16.1. The Bertz CT molecular complexity index is 633. The highest BCUT2D eigenvalue weighted by atomic mass is 32.1. The number of rotatable bonds is 4.